The Bertz CT molecular complexity index is 948. The van der Waals surface area contributed by atoms with E-state index in [1.165, 1.54) is 0 Å². The number of carbonyl (C=O) groups excluding carboxylic acids is 2. The van der Waals surface area contributed by atoms with Crippen LogP contribution >= 0.6 is 11.8 Å². The molecule has 0 unspecified atom stereocenters. The van der Waals surface area contributed by atoms with Crippen molar-refractivity contribution in [2.45, 2.75) is 5.75 Å². The zero-order chi connectivity index (χ0) is 17.9. The minimum Gasteiger partial charge on any atom is -0.468 e. The summed E-state index contributed by atoms with van der Waals surface area (Å²) in [6.45, 7) is 0.596. The Hall–Kier alpha value is -2.73. The number of furan rings is 1. The van der Waals surface area contributed by atoms with Gasteiger partial charge in [0.25, 0.3) is 5.91 Å². The monoisotopic (exact) mass is 366 g/mol. The first-order chi connectivity index (χ1) is 12.7. The summed E-state index contributed by atoms with van der Waals surface area (Å²) in [5.41, 5.74) is 1.48. The fourth-order valence-corrected chi connectivity index (χ4v) is 3.92. The number of hydrogen-bond donors (Lipinski definition) is 1. The molecule has 1 N–H and O–H groups in total. The maximum Gasteiger partial charge on any atom is 0.259 e. The third-order valence-electron chi connectivity index (χ3n) is 4.34. The lowest BCUT2D eigenvalue weighted by molar-refractivity contribution is -0.119. The largest absolute Gasteiger partial charge is 0.468 e. The highest BCUT2D eigenvalue weighted by Gasteiger charge is 2.30. The number of anilines is 1. The minimum absolute atomic E-state index is 0.0372. The van der Waals surface area contributed by atoms with Crippen molar-refractivity contribution < 1.29 is 14.0 Å². The summed E-state index contributed by atoms with van der Waals surface area (Å²) >= 11 is 1.69. The van der Waals surface area contributed by atoms with Crippen molar-refractivity contribution in [3.8, 4) is 0 Å². The van der Waals surface area contributed by atoms with Crippen molar-refractivity contribution >= 4 is 40.0 Å². The first-order valence-electron chi connectivity index (χ1n) is 8.44. The van der Waals surface area contributed by atoms with Gasteiger partial charge in [-0.3, -0.25) is 14.5 Å². The molecule has 26 heavy (non-hydrogen) atoms. The fraction of sp³-hybridized carbons (Fsp3) is 0.200. The number of rotatable bonds is 7. The summed E-state index contributed by atoms with van der Waals surface area (Å²) in [5.74, 6) is 2.23. The smallest absolute Gasteiger partial charge is 0.259 e. The Labute approximate surface area is 155 Å². The average molecular weight is 366 g/mol. The molecule has 0 spiro atoms. The fourth-order valence-electron chi connectivity index (χ4n) is 3.17. The van der Waals surface area contributed by atoms with E-state index in [1.807, 2.05) is 48.5 Å². The maximum atomic E-state index is 12.7. The predicted octanol–water partition coefficient (Wildman–Crippen LogP) is 3.44. The number of carbonyl (C=O) groups is 2. The first-order valence-corrected chi connectivity index (χ1v) is 9.60. The molecule has 0 aliphatic carbocycles. The van der Waals surface area contributed by atoms with E-state index in [2.05, 4.69) is 5.32 Å². The molecule has 132 valence electrons. The second-order valence-electron chi connectivity index (χ2n) is 6.05. The van der Waals surface area contributed by atoms with E-state index in [0.29, 0.717) is 12.1 Å². The minimum atomic E-state index is -0.151. The molecular weight excluding hydrogens is 348 g/mol. The van der Waals surface area contributed by atoms with Gasteiger partial charge in [0.1, 0.15) is 12.3 Å². The van der Waals surface area contributed by atoms with Gasteiger partial charge in [-0.2, -0.15) is 11.8 Å². The topological polar surface area (TPSA) is 62.6 Å². The van der Waals surface area contributed by atoms with Crippen LogP contribution in [-0.4, -0.2) is 30.7 Å². The Kier molecular flexibility index (Phi) is 4.67. The molecule has 1 aromatic heterocycles. The molecule has 2 aromatic carbocycles. The molecule has 6 heteroatoms. The van der Waals surface area contributed by atoms with Crippen molar-refractivity contribution in [3.05, 3.63) is 66.1 Å². The van der Waals surface area contributed by atoms with E-state index in [0.717, 1.165) is 33.7 Å². The summed E-state index contributed by atoms with van der Waals surface area (Å²) < 4.78 is 5.27. The normalized spacial score (nSPS) is 12.8. The molecule has 1 aliphatic heterocycles. The molecule has 0 saturated carbocycles. The van der Waals surface area contributed by atoms with Gasteiger partial charge in [-0.05, 0) is 29.7 Å². The van der Waals surface area contributed by atoms with Gasteiger partial charge >= 0.3 is 0 Å². The molecule has 0 atom stereocenters. The van der Waals surface area contributed by atoms with Crippen LogP contribution in [0.1, 0.15) is 16.1 Å². The van der Waals surface area contributed by atoms with Crippen LogP contribution in [0.3, 0.4) is 0 Å². The van der Waals surface area contributed by atoms with Gasteiger partial charge in [-0.1, -0.05) is 24.3 Å². The summed E-state index contributed by atoms with van der Waals surface area (Å²) in [7, 11) is 0. The third kappa shape index (κ3) is 3.20. The first kappa shape index (κ1) is 16.7. The van der Waals surface area contributed by atoms with Gasteiger partial charge in [0, 0.05) is 23.2 Å². The van der Waals surface area contributed by atoms with Crippen LogP contribution < -0.4 is 10.2 Å². The summed E-state index contributed by atoms with van der Waals surface area (Å²) in [4.78, 5) is 26.5. The number of thioether (sulfide) groups is 1. The molecule has 2 heterocycles. The number of hydrogen-bond acceptors (Lipinski definition) is 4. The van der Waals surface area contributed by atoms with E-state index >= 15 is 0 Å². The van der Waals surface area contributed by atoms with Gasteiger partial charge in [-0.25, -0.2) is 0 Å². The predicted molar refractivity (Wildman–Crippen MR) is 104 cm³/mol. The van der Waals surface area contributed by atoms with Crippen LogP contribution in [0.15, 0.2) is 59.2 Å². The van der Waals surface area contributed by atoms with Gasteiger partial charge in [0.2, 0.25) is 5.91 Å². The highest BCUT2D eigenvalue weighted by Crippen LogP contribution is 2.36. The van der Waals surface area contributed by atoms with Crippen LogP contribution in [0.25, 0.3) is 10.8 Å². The van der Waals surface area contributed by atoms with E-state index in [-0.39, 0.29) is 18.4 Å². The molecule has 2 amide bonds. The van der Waals surface area contributed by atoms with E-state index in [4.69, 9.17) is 4.42 Å². The third-order valence-corrected chi connectivity index (χ3v) is 5.33. The zero-order valence-corrected chi connectivity index (χ0v) is 14.9. The zero-order valence-electron chi connectivity index (χ0n) is 14.1. The number of nitrogens with one attached hydrogen (secondary N) is 1. The lowest BCUT2D eigenvalue weighted by Gasteiger charge is -2.17. The molecule has 0 fully saturated rings. The molecule has 4 rings (SSSR count). The average Bonchev–Trinajstić information content (AvgIpc) is 3.26. The van der Waals surface area contributed by atoms with Crippen molar-refractivity contribution in [2.75, 3.05) is 23.7 Å². The van der Waals surface area contributed by atoms with Crippen molar-refractivity contribution in [3.63, 3.8) is 0 Å². The van der Waals surface area contributed by atoms with Crippen LogP contribution in [0, 0.1) is 0 Å². The lowest BCUT2D eigenvalue weighted by Crippen LogP contribution is -2.39. The summed E-state index contributed by atoms with van der Waals surface area (Å²) in [6, 6.07) is 15.3. The molecule has 3 aromatic rings. The van der Waals surface area contributed by atoms with Crippen LogP contribution in [0.2, 0.25) is 0 Å². The van der Waals surface area contributed by atoms with Crippen molar-refractivity contribution in [1.29, 1.82) is 0 Å². The molecule has 0 bridgehead atoms. The quantitative estimate of drug-likeness (QED) is 0.651. The Morgan fingerprint density at radius 1 is 1.12 bits per heavy atom. The highest BCUT2D eigenvalue weighted by atomic mass is 32.2. The molecule has 5 nitrogen and oxygen atoms in total. The van der Waals surface area contributed by atoms with E-state index in [9.17, 15) is 9.59 Å². The summed E-state index contributed by atoms with van der Waals surface area (Å²) in [6.07, 6.45) is 1.66. The Balaban J connectivity index is 1.32. The van der Waals surface area contributed by atoms with Gasteiger partial charge in [-0.15, -0.1) is 0 Å². The van der Waals surface area contributed by atoms with E-state index < -0.39 is 0 Å². The van der Waals surface area contributed by atoms with Crippen molar-refractivity contribution in [1.82, 2.24) is 5.32 Å². The second kappa shape index (κ2) is 7.25. The van der Waals surface area contributed by atoms with Gasteiger partial charge in [0.05, 0.1) is 17.7 Å². The Morgan fingerprint density at radius 3 is 2.77 bits per heavy atom. The number of amides is 2. The van der Waals surface area contributed by atoms with Gasteiger partial charge in [0.15, 0.2) is 0 Å². The maximum absolute atomic E-state index is 12.7. The molecule has 0 radical (unpaired) electrons. The van der Waals surface area contributed by atoms with Crippen LogP contribution in [0.4, 0.5) is 5.69 Å². The highest BCUT2D eigenvalue weighted by molar-refractivity contribution is 7.98. The molecule has 1 aliphatic rings. The summed E-state index contributed by atoms with van der Waals surface area (Å²) in [5, 5.41) is 4.84. The van der Waals surface area contributed by atoms with E-state index in [1.54, 1.807) is 22.9 Å². The molecular formula is C20H18N2O3S. The molecule has 0 saturated heterocycles. The lowest BCUT2D eigenvalue weighted by atomic mass is 10.1. The SMILES string of the molecule is O=C(CN1C(=O)c2cccc3cccc1c23)NCCSCc1ccco1. The Morgan fingerprint density at radius 2 is 1.96 bits per heavy atom. The van der Waals surface area contributed by atoms with Crippen molar-refractivity contribution in [2.24, 2.45) is 0 Å². The number of benzene rings is 2. The van der Waals surface area contributed by atoms with Crippen LogP contribution in [0.5, 0.6) is 0 Å². The van der Waals surface area contributed by atoms with Gasteiger partial charge < -0.3 is 9.73 Å². The number of nitrogens with zero attached hydrogens (tertiary/aromatic N) is 1. The standard InChI is InChI=1S/C20H18N2O3S/c23-18(21-9-11-26-13-15-6-3-10-25-15)12-22-17-8-2-5-14-4-1-7-16(19(14)17)20(22)24/h1-8,10H,9,11-13H2,(H,21,23). The van der Waals surface area contributed by atoms with Crippen LogP contribution in [-0.2, 0) is 10.5 Å². The second-order valence-corrected chi connectivity index (χ2v) is 7.16.